The molecule has 0 radical (unpaired) electrons. The van der Waals surface area contributed by atoms with Crippen LogP contribution in [0.3, 0.4) is 0 Å². The number of benzene rings is 1. The second-order valence-corrected chi connectivity index (χ2v) is 8.31. The van der Waals surface area contributed by atoms with Gasteiger partial charge in [0.1, 0.15) is 5.82 Å². The van der Waals surface area contributed by atoms with Gasteiger partial charge in [-0.2, -0.15) is 13.2 Å². The Morgan fingerprint density at radius 2 is 1.71 bits per heavy atom. The van der Waals surface area contributed by atoms with Crippen LogP contribution in [0.1, 0.15) is 17.7 Å². The number of morpholine rings is 1. The van der Waals surface area contributed by atoms with Gasteiger partial charge in [-0.1, -0.05) is 12.1 Å². The van der Waals surface area contributed by atoms with E-state index in [1.807, 2.05) is 17.0 Å². The number of aromatic nitrogens is 1. The first-order valence-corrected chi connectivity index (χ1v) is 10.9. The van der Waals surface area contributed by atoms with E-state index in [9.17, 15) is 22.4 Å². The number of halogens is 4. The van der Waals surface area contributed by atoms with Crippen LogP contribution in [0.15, 0.2) is 42.6 Å². The molecule has 0 bridgehead atoms. The quantitative estimate of drug-likeness (QED) is 0.674. The number of nitrogens with zero attached hydrogens (tertiary/aromatic N) is 3. The minimum absolute atomic E-state index is 0.211. The van der Waals surface area contributed by atoms with Crippen molar-refractivity contribution < 1.29 is 37.0 Å². The zero-order chi connectivity index (χ0) is 24.7. The van der Waals surface area contributed by atoms with Crippen LogP contribution in [0.5, 0.6) is 0 Å². The molecule has 0 aliphatic carbocycles. The second-order valence-electron chi connectivity index (χ2n) is 8.31. The Hall–Kier alpha value is -2.92. The van der Waals surface area contributed by atoms with Crippen molar-refractivity contribution in [2.45, 2.75) is 32.2 Å². The fourth-order valence-electron chi connectivity index (χ4n) is 4.05. The van der Waals surface area contributed by atoms with Crippen LogP contribution in [0, 0.1) is 11.7 Å². The van der Waals surface area contributed by atoms with Crippen molar-refractivity contribution >= 4 is 11.9 Å². The van der Waals surface area contributed by atoms with Crippen molar-refractivity contribution in [2.24, 2.45) is 5.92 Å². The minimum atomic E-state index is -5.08. The number of carboxylic acid groups (broad SMARTS) is 1. The van der Waals surface area contributed by atoms with Crippen LogP contribution in [0.2, 0.25) is 0 Å². The predicted molar refractivity (Wildman–Crippen MR) is 114 cm³/mol. The maximum atomic E-state index is 13.2. The number of carboxylic acids is 1. The van der Waals surface area contributed by atoms with Gasteiger partial charge in [0.2, 0.25) is 5.91 Å². The summed E-state index contributed by atoms with van der Waals surface area (Å²) in [6.07, 6.45) is -2.43. The lowest BCUT2D eigenvalue weighted by Crippen LogP contribution is -2.42. The molecule has 186 valence electrons. The van der Waals surface area contributed by atoms with Gasteiger partial charge in [0.25, 0.3) is 0 Å². The SMILES string of the molecule is O=C(CC1CN(Cc2ccc(F)cc2)Cc2cccn2C1)N1CCOCC1.O=C(O)C(F)(F)F. The standard InChI is InChI=1S/C21H26FN3O2.C2HF3O2/c22-19-5-3-17(4-6-19)13-23-14-18(15-25-7-1-2-20(25)16-23)12-21(26)24-8-10-27-11-9-24;3-2(4,5)1(6)7/h1-7,18H,8-16H2;(H,6,7). The molecular formula is C23H27F4N3O4. The summed E-state index contributed by atoms with van der Waals surface area (Å²) in [5, 5.41) is 7.12. The minimum Gasteiger partial charge on any atom is -0.475 e. The number of carbonyl (C=O) groups is 2. The molecule has 0 saturated carbocycles. The van der Waals surface area contributed by atoms with Gasteiger partial charge in [-0.25, -0.2) is 9.18 Å². The average molecular weight is 485 g/mol. The number of hydrogen-bond acceptors (Lipinski definition) is 4. The molecular weight excluding hydrogens is 458 g/mol. The van der Waals surface area contributed by atoms with E-state index in [-0.39, 0.29) is 17.6 Å². The van der Waals surface area contributed by atoms with Crippen molar-refractivity contribution in [3.63, 3.8) is 0 Å². The Morgan fingerprint density at radius 1 is 1.06 bits per heavy atom. The van der Waals surface area contributed by atoms with E-state index in [2.05, 4.69) is 27.8 Å². The third-order valence-electron chi connectivity index (χ3n) is 5.67. The molecule has 0 spiro atoms. The van der Waals surface area contributed by atoms with Gasteiger partial charge in [-0.3, -0.25) is 9.69 Å². The number of alkyl halides is 3. The van der Waals surface area contributed by atoms with Gasteiger partial charge in [-0.15, -0.1) is 0 Å². The monoisotopic (exact) mass is 485 g/mol. The van der Waals surface area contributed by atoms with Gasteiger partial charge < -0.3 is 19.3 Å². The first kappa shape index (κ1) is 25.7. The number of amides is 1. The predicted octanol–water partition coefficient (Wildman–Crippen LogP) is 3.14. The van der Waals surface area contributed by atoms with E-state index >= 15 is 0 Å². The van der Waals surface area contributed by atoms with Crippen LogP contribution in [-0.4, -0.2) is 70.4 Å². The van der Waals surface area contributed by atoms with Crippen molar-refractivity contribution in [1.82, 2.24) is 14.4 Å². The average Bonchev–Trinajstić information content (AvgIpc) is 3.15. The van der Waals surface area contributed by atoms with Crippen molar-refractivity contribution in [1.29, 1.82) is 0 Å². The summed E-state index contributed by atoms with van der Waals surface area (Å²) in [5.41, 5.74) is 2.35. The first-order valence-electron chi connectivity index (χ1n) is 10.9. The van der Waals surface area contributed by atoms with Crippen LogP contribution < -0.4 is 0 Å². The van der Waals surface area contributed by atoms with E-state index < -0.39 is 12.1 Å². The normalized spacial score (nSPS) is 18.9. The maximum Gasteiger partial charge on any atom is 0.490 e. The number of rotatable bonds is 4. The molecule has 4 rings (SSSR count). The summed E-state index contributed by atoms with van der Waals surface area (Å²) >= 11 is 0. The van der Waals surface area contributed by atoms with Crippen molar-refractivity contribution in [2.75, 3.05) is 32.8 Å². The molecule has 1 unspecified atom stereocenters. The number of aliphatic carboxylic acids is 1. The summed E-state index contributed by atoms with van der Waals surface area (Å²) in [5.74, 6) is -2.49. The fraction of sp³-hybridized carbons (Fsp3) is 0.478. The molecule has 2 aliphatic rings. The Bertz CT molecular complexity index is 956. The van der Waals surface area contributed by atoms with Gasteiger partial charge in [0.15, 0.2) is 0 Å². The molecule has 7 nitrogen and oxygen atoms in total. The van der Waals surface area contributed by atoms with Crippen molar-refractivity contribution in [3.8, 4) is 0 Å². The lowest BCUT2D eigenvalue weighted by atomic mass is 10.0. The van der Waals surface area contributed by atoms with E-state index in [4.69, 9.17) is 14.6 Å². The third-order valence-corrected chi connectivity index (χ3v) is 5.67. The molecule has 1 atom stereocenters. The van der Waals surface area contributed by atoms with Gasteiger partial charge in [0.05, 0.1) is 13.2 Å². The van der Waals surface area contributed by atoms with Crippen LogP contribution in [-0.2, 0) is 34.0 Å². The van der Waals surface area contributed by atoms with Crippen molar-refractivity contribution in [3.05, 3.63) is 59.7 Å². The molecule has 1 N–H and O–H groups in total. The molecule has 1 amide bonds. The zero-order valence-electron chi connectivity index (χ0n) is 18.5. The molecule has 2 aromatic rings. The highest BCUT2D eigenvalue weighted by Crippen LogP contribution is 2.22. The first-order chi connectivity index (χ1) is 16.1. The summed E-state index contributed by atoms with van der Waals surface area (Å²) in [7, 11) is 0. The summed E-state index contributed by atoms with van der Waals surface area (Å²) < 4.78 is 52.6. The Labute approximate surface area is 194 Å². The molecule has 34 heavy (non-hydrogen) atoms. The largest absolute Gasteiger partial charge is 0.490 e. The lowest BCUT2D eigenvalue weighted by Gasteiger charge is -2.29. The maximum absolute atomic E-state index is 13.2. The highest BCUT2D eigenvalue weighted by molar-refractivity contribution is 5.76. The van der Waals surface area contributed by atoms with Crippen LogP contribution in [0.25, 0.3) is 0 Å². The van der Waals surface area contributed by atoms with E-state index in [1.54, 1.807) is 0 Å². The molecule has 1 aromatic heterocycles. The Kier molecular flexibility index (Phi) is 8.67. The smallest absolute Gasteiger partial charge is 0.475 e. The summed E-state index contributed by atoms with van der Waals surface area (Å²) in [4.78, 5) is 25.9. The molecule has 1 aromatic carbocycles. The van der Waals surface area contributed by atoms with E-state index in [1.165, 1.54) is 17.8 Å². The molecule has 11 heteroatoms. The summed E-state index contributed by atoms with van der Waals surface area (Å²) in [6.45, 7) is 5.97. The highest BCUT2D eigenvalue weighted by atomic mass is 19.4. The van der Waals surface area contributed by atoms with E-state index in [0.717, 1.165) is 31.7 Å². The third kappa shape index (κ3) is 7.56. The van der Waals surface area contributed by atoms with Gasteiger partial charge >= 0.3 is 12.1 Å². The van der Waals surface area contributed by atoms with Crippen LogP contribution in [0.4, 0.5) is 17.6 Å². The van der Waals surface area contributed by atoms with Gasteiger partial charge in [-0.05, 0) is 35.7 Å². The Morgan fingerprint density at radius 3 is 2.32 bits per heavy atom. The number of ether oxygens (including phenoxy) is 1. The zero-order valence-corrected chi connectivity index (χ0v) is 18.5. The molecule has 1 saturated heterocycles. The molecule has 3 heterocycles. The number of fused-ring (bicyclic) bond motifs is 1. The highest BCUT2D eigenvalue weighted by Gasteiger charge is 2.38. The van der Waals surface area contributed by atoms with Gasteiger partial charge in [0, 0.05) is 57.6 Å². The number of carbonyl (C=O) groups excluding carboxylic acids is 1. The van der Waals surface area contributed by atoms with E-state index in [0.29, 0.717) is 32.7 Å². The Balaban J connectivity index is 0.000000406. The summed E-state index contributed by atoms with van der Waals surface area (Å²) in [6, 6.07) is 10.9. The molecule has 2 aliphatic heterocycles. The fourth-order valence-corrected chi connectivity index (χ4v) is 4.05. The molecule has 1 fully saturated rings. The second kappa shape index (κ2) is 11.5. The lowest BCUT2D eigenvalue weighted by molar-refractivity contribution is -0.192. The number of hydrogen-bond donors (Lipinski definition) is 1. The topological polar surface area (TPSA) is 75.0 Å². The van der Waals surface area contributed by atoms with Crippen LogP contribution >= 0.6 is 0 Å².